The van der Waals surface area contributed by atoms with Gasteiger partial charge in [-0.15, -0.1) is 0 Å². The summed E-state index contributed by atoms with van der Waals surface area (Å²) in [5.74, 6) is 0.364. The number of aromatic nitrogens is 1. The molecule has 1 aliphatic rings. The minimum absolute atomic E-state index is 0.0627. The van der Waals surface area contributed by atoms with E-state index in [0.717, 1.165) is 0 Å². The van der Waals surface area contributed by atoms with Crippen molar-refractivity contribution < 1.29 is 19.3 Å². The summed E-state index contributed by atoms with van der Waals surface area (Å²) in [7, 11) is 0. The Hall–Kier alpha value is -3.59. The van der Waals surface area contributed by atoms with Crippen molar-refractivity contribution in [3.8, 4) is 17.0 Å². The van der Waals surface area contributed by atoms with Crippen LogP contribution < -0.4 is 4.90 Å². The van der Waals surface area contributed by atoms with Crippen molar-refractivity contribution in [3.63, 3.8) is 0 Å². The summed E-state index contributed by atoms with van der Waals surface area (Å²) in [6.45, 7) is 3.65. The third kappa shape index (κ3) is 4.04. The van der Waals surface area contributed by atoms with Crippen LogP contribution in [0.1, 0.15) is 16.1 Å². The molecule has 1 N–H and O–H groups in total. The lowest BCUT2D eigenvalue weighted by molar-refractivity contribution is -0.384. The first kappa shape index (κ1) is 20.7. The van der Waals surface area contributed by atoms with Gasteiger partial charge >= 0.3 is 0 Å². The second kappa shape index (κ2) is 8.27. The molecule has 0 aliphatic carbocycles. The summed E-state index contributed by atoms with van der Waals surface area (Å²) in [6, 6.07) is 10.8. The van der Waals surface area contributed by atoms with Crippen molar-refractivity contribution in [1.82, 2.24) is 10.1 Å². The van der Waals surface area contributed by atoms with E-state index in [1.807, 2.05) is 4.90 Å². The van der Waals surface area contributed by atoms with Gasteiger partial charge in [0.25, 0.3) is 11.6 Å². The van der Waals surface area contributed by atoms with Gasteiger partial charge in [0.2, 0.25) is 0 Å². The Labute approximate surface area is 182 Å². The fourth-order valence-electron chi connectivity index (χ4n) is 3.61. The van der Waals surface area contributed by atoms with E-state index >= 15 is 0 Å². The van der Waals surface area contributed by atoms with Crippen LogP contribution in [0.25, 0.3) is 11.3 Å². The molecule has 0 atom stereocenters. The number of hydrogen-bond donors (Lipinski definition) is 1. The molecule has 1 aromatic heterocycles. The van der Waals surface area contributed by atoms with Crippen molar-refractivity contribution in [2.24, 2.45) is 0 Å². The number of non-ortho nitro benzene ring substituents is 1. The predicted molar refractivity (Wildman–Crippen MR) is 115 cm³/mol. The number of anilines is 1. The van der Waals surface area contributed by atoms with Gasteiger partial charge in [0.1, 0.15) is 22.8 Å². The highest BCUT2D eigenvalue weighted by Crippen LogP contribution is 2.32. The van der Waals surface area contributed by atoms with E-state index in [9.17, 15) is 20.0 Å². The van der Waals surface area contributed by atoms with Crippen molar-refractivity contribution in [1.29, 1.82) is 0 Å². The molecular weight excluding hydrogens is 424 g/mol. The minimum Gasteiger partial charge on any atom is -0.508 e. The highest BCUT2D eigenvalue weighted by Gasteiger charge is 2.29. The number of phenolic OH excluding ortho intramolecular Hbond substituents is 1. The van der Waals surface area contributed by atoms with Crippen LogP contribution in [0.3, 0.4) is 0 Å². The van der Waals surface area contributed by atoms with E-state index in [4.69, 9.17) is 16.1 Å². The lowest BCUT2D eigenvalue weighted by Gasteiger charge is -2.36. The second-order valence-electron chi connectivity index (χ2n) is 7.18. The molecule has 10 heteroatoms. The largest absolute Gasteiger partial charge is 0.508 e. The number of carbonyl (C=O) groups excluding carboxylic acids is 1. The number of rotatable bonds is 4. The number of carbonyl (C=O) groups is 1. The Morgan fingerprint density at radius 1 is 1.16 bits per heavy atom. The number of aromatic hydroxyl groups is 1. The third-order valence-corrected chi connectivity index (χ3v) is 5.57. The molecule has 0 unspecified atom stereocenters. The number of benzene rings is 2. The first-order valence-corrected chi connectivity index (χ1v) is 9.97. The lowest BCUT2D eigenvalue weighted by atomic mass is 10.0. The zero-order valence-electron chi connectivity index (χ0n) is 16.6. The quantitative estimate of drug-likeness (QED) is 0.481. The van der Waals surface area contributed by atoms with E-state index < -0.39 is 4.92 Å². The van der Waals surface area contributed by atoms with E-state index in [2.05, 4.69) is 5.16 Å². The Morgan fingerprint density at radius 3 is 2.45 bits per heavy atom. The molecule has 0 bridgehead atoms. The average molecular weight is 443 g/mol. The van der Waals surface area contributed by atoms with Gasteiger partial charge in [-0.2, -0.15) is 0 Å². The van der Waals surface area contributed by atoms with E-state index in [1.54, 1.807) is 30.0 Å². The fraction of sp³-hybridized carbons (Fsp3) is 0.238. The van der Waals surface area contributed by atoms with Crippen molar-refractivity contribution in [2.45, 2.75) is 6.92 Å². The first-order valence-electron chi connectivity index (χ1n) is 9.59. The Balaban J connectivity index is 1.50. The van der Waals surface area contributed by atoms with Crippen molar-refractivity contribution >= 4 is 28.9 Å². The summed E-state index contributed by atoms with van der Waals surface area (Å²) in [6.07, 6.45) is 0. The molecule has 9 nitrogen and oxygen atoms in total. The topological polar surface area (TPSA) is 113 Å². The molecule has 1 fully saturated rings. The maximum atomic E-state index is 13.2. The van der Waals surface area contributed by atoms with Crippen LogP contribution in [0.5, 0.6) is 5.75 Å². The molecule has 3 aromatic rings. The standard InChI is InChI=1S/C21H19ClN4O5/c1-13-19(20(23-31-13)14-2-5-16(27)6-3-14)21(28)25-10-8-24(9-11-25)18-7-4-15(26(29)30)12-17(18)22/h2-7,12,27H,8-11H2,1H3. The number of nitro groups is 1. The molecule has 0 radical (unpaired) electrons. The van der Waals surface area contributed by atoms with Crippen LogP contribution in [0.4, 0.5) is 11.4 Å². The first-order chi connectivity index (χ1) is 14.8. The smallest absolute Gasteiger partial charge is 0.271 e. The number of piperazine rings is 1. The molecule has 1 aliphatic heterocycles. The van der Waals surface area contributed by atoms with Crippen molar-refractivity contribution in [2.75, 3.05) is 31.1 Å². The zero-order valence-corrected chi connectivity index (χ0v) is 17.4. The monoisotopic (exact) mass is 442 g/mol. The molecule has 160 valence electrons. The van der Waals surface area contributed by atoms with Crippen LogP contribution in [-0.4, -0.2) is 52.2 Å². The third-order valence-electron chi connectivity index (χ3n) is 5.27. The van der Waals surface area contributed by atoms with E-state index in [0.29, 0.717) is 59.5 Å². The molecule has 0 saturated carbocycles. The Kier molecular flexibility index (Phi) is 5.51. The van der Waals surface area contributed by atoms with Gasteiger partial charge in [0.15, 0.2) is 0 Å². The Morgan fingerprint density at radius 2 is 1.84 bits per heavy atom. The average Bonchev–Trinajstić information content (AvgIpc) is 3.15. The van der Waals surface area contributed by atoms with Gasteiger partial charge in [0, 0.05) is 43.9 Å². The van der Waals surface area contributed by atoms with Gasteiger partial charge < -0.3 is 19.4 Å². The van der Waals surface area contributed by atoms with Crippen LogP contribution in [0.15, 0.2) is 47.0 Å². The molecule has 4 rings (SSSR count). The highest BCUT2D eigenvalue weighted by molar-refractivity contribution is 6.33. The predicted octanol–water partition coefficient (Wildman–Crippen LogP) is 3.88. The number of amides is 1. The summed E-state index contributed by atoms with van der Waals surface area (Å²) >= 11 is 6.24. The maximum Gasteiger partial charge on any atom is 0.271 e. The molecular formula is C21H19ClN4O5. The maximum absolute atomic E-state index is 13.2. The van der Waals surface area contributed by atoms with E-state index in [-0.39, 0.29) is 17.3 Å². The molecule has 0 spiro atoms. The minimum atomic E-state index is -0.487. The Bertz CT molecular complexity index is 1140. The molecule has 2 heterocycles. The molecule has 31 heavy (non-hydrogen) atoms. The summed E-state index contributed by atoms with van der Waals surface area (Å²) < 4.78 is 5.29. The lowest BCUT2D eigenvalue weighted by Crippen LogP contribution is -2.49. The van der Waals surface area contributed by atoms with Gasteiger partial charge in [-0.25, -0.2) is 0 Å². The SMILES string of the molecule is Cc1onc(-c2ccc(O)cc2)c1C(=O)N1CCN(c2ccc([N+](=O)[O-])cc2Cl)CC1. The van der Waals surface area contributed by atoms with Gasteiger partial charge in [-0.05, 0) is 37.3 Å². The summed E-state index contributed by atoms with van der Waals surface area (Å²) in [5, 5.41) is 24.8. The fourth-order valence-corrected chi connectivity index (χ4v) is 3.91. The molecule has 1 amide bonds. The normalized spacial score (nSPS) is 14.0. The number of aryl methyl sites for hydroxylation is 1. The van der Waals surface area contributed by atoms with Crippen LogP contribution in [-0.2, 0) is 0 Å². The number of nitrogens with zero attached hydrogens (tertiary/aromatic N) is 4. The van der Waals surface area contributed by atoms with E-state index in [1.165, 1.54) is 24.3 Å². The molecule has 1 saturated heterocycles. The van der Waals surface area contributed by atoms with Crippen LogP contribution >= 0.6 is 11.6 Å². The second-order valence-corrected chi connectivity index (χ2v) is 7.59. The molecule has 2 aromatic carbocycles. The highest BCUT2D eigenvalue weighted by atomic mass is 35.5. The summed E-state index contributed by atoms with van der Waals surface area (Å²) in [5.41, 5.74) is 2.14. The summed E-state index contributed by atoms with van der Waals surface area (Å²) in [4.78, 5) is 27.4. The van der Waals surface area contributed by atoms with Crippen molar-refractivity contribution in [3.05, 3.63) is 68.9 Å². The van der Waals surface area contributed by atoms with Crippen LogP contribution in [0.2, 0.25) is 5.02 Å². The van der Waals surface area contributed by atoms with Crippen LogP contribution in [0, 0.1) is 17.0 Å². The number of hydrogen-bond acceptors (Lipinski definition) is 7. The number of halogens is 1. The zero-order chi connectivity index (χ0) is 22.1. The number of nitro benzene ring substituents is 1. The van der Waals surface area contributed by atoms with Gasteiger partial charge in [-0.3, -0.25) is 14.9 Å². The van der Waals surface area contributed by atoms with Gasteiger partial charge in [-0.1, -0.05) is 16.8 Å². The van der Waals surface area contributed by atoms with Gasteiger partial charge in [0.05, 0.1) is 15.6 Å². The number of phenols is 1.